The third-order valence-electron chi connectivity index (χ3n) is 2.74. The molecule has 17 heavy (non-hydrogen) atoms. The van der Waals surface area contributed by atoms with Gasteiger partial charge in [-0.2, -0.15) is 5.10 Å². The number of hydrogen-bond acceptors (Lipinski definition) is 3. The zero-order valence-electron chi connectivity index (χ0n) is 9.56. The summed E-state index contributed by atoms with van der Waals surface area (Å²) in [6, 6.07) is 1.35. The Morgan fingerprint density at radius 3 is 3.24 bits per heavy atom. The van der Waals surface area contributed by atoms with Crippen molar-refractivity contribution in [3.05, 3.63) is 18.5 Å². The number of nitrogens with one attached hydrogen (secondary N) is 2. The Kier molecular flexibility index (Phi) is 3.74. The third kappa shape index (κ3) is 3.30. The average Bonchev–Trinajstić information content (AvgIpc) is 2.71. The molecule has 1 aliphatic heterocycles. The molecule has 0 bridgehead atoms. The molecule has 0 unspecified atom stereocenters. The predicted octanol–water partition coefficient (Wildman–Crippen LogP) is -0.332. The van der Waals surface area contributed by atoms with E-state index in [4.69, 9.17) is 0 Å². The van der Waals surface area contributed by atoms with Crippen LogP contribution in [0.5, 0.6) is 0 Å². The minimum Gasteiger partial charge on any atom is -0.354 e. The second-order valence-electron chi connectivity index (χ2n) is 4.11. The molecule has 0 aromatic carbocycles. The molecule has 1 aromatic heterocycles. The van der Waals surface area contributed by atoms with E-state index in [-0.39, 0.29) is 18.4 Å². The van der Waals surface area contributed by atoms with Gasteiger partial charge in [-0.15, -0.1) is 0 Å². The molecule has 0 saturated carbocycles. The van der Waals surface area contributed by atoms with Gasteiger partial charge in [-0.3, -0.25) is 14.3 Å². The van der Waals surface area contributed by atoms with Crippen LogP contribution in [-0.2, 0) is 16.1 Å². The van der Waals surface area contributed by atoms with Crippen molar-refractivity contribution in [1.82, 2.24) is 20.4 Å². The number of carbonyl (C=O) groups excluding carboxylic acids is 2. The SMILES string of the molecule is O=C(Cn1cccn1)N[C@@H]1CCCCNC1=O. The fourth-order valence-electron chi connectivity index (χ4n) is 1.86. The summed E-state index contributed by atoms with van der Waals surface area (Å²) in [5.74, 6) is -0.271. The first kappa shape index (κ1) is 11.6. The predicted molar refractivity (Wildman–Crippen MR) is 61.0 cm³/mol. The van der Waals surface area contributed by atoms with Crippen LogP contribution >= 0.6 is 0 Å². The van der Waals surface area contributed by atoms with Gasteiger partial charge in [-0.05, 0) is 25.3 Å². The maximum atomic E-state index is 11.7. The van der Waals surface area contributed by atoms with Gasteiger partial charge in [-0.1, -0.05) is 0 Å². The summed E-state index contributed by atoms with van der Waals surface area (Å²) in [7, 11) is 0. The zero-order chi connectivity index (χ0) is 12.1. The maximum absolute atomic E-state index is 11.7. The summed E-state index contributed by atoms with van der Waals surface area (Å²) in [4.78, 5) is 23.3. The van der Waals surface area contributed by atoms with Gasteiger partial charge in [0, 0.05) is 18.9 Å². The molecule has 2 amide bonds. The van der Waals surface area contributed by atoms with Crippen molar-refractivity contribution < 1.29 is 9.59 Å². The Hall–Kier alpha value is -1.85. The van der Waals surface area contributed by atoms with Crippen molar-refractivity contribution in [2.45, 2.75) is 31.8 Å². The topological polar surface area (TPSA) is 76.0 Å². The summed E-state index contributed by atoms with van der Waals surface area (Å²) in [5, 5.41) is 9.46. The summed E-state index contributed by atoms with van der Waals surface area (Å²) >= 11 is 0. The number of nitrogens with zero attached hydrogens (tertiary/aromatic N) is 2. The Morgan fingerprint density at radius 2 is 2.47 bits per heavy atom. The second-order valence-corrected chi connectivity index (χ2v) is 4.11. The lowest BCUT2D eigenvalue weighted by atomic mass is 10.1. The fourth-order valence-corrected chi connectivity index (χ4v) is 1.86. The summed E-state index contributed by atoms with van der Waals surface area (Å²) in [6.07, 6.45) is 5.96. The molecule has 0 spiro atoms. The van der Waals surface area contributed by atoms with Gasteiger partial charge in [0.1, 0.15) is 12.6 Å². The van der Waals surface area contributed by atoms with Crippen LogP contribution in [0.2, 0.25) is 0 Å². The lowest BCUT2D eigenvalue weighted by Crippen LogP contribution is -2.46. The minimum atomic E-state index is -0.402. The number of amides is 2. The highest BCUT2D eigenvalue weighted by atomic mass is 16.2. The molecule has 2 N–H and O–H groups in total. The lowest BCUT2D eigenvalue weighted by molar-refractivity contribution is -0.129. The molecular weight excluding hydrogens is 220 g/mol. The van der Waals surface area contributed by atoms with E-state index in [1.54, 1.807) is 18.5 Å². The second kappa shape index (κ2) is 5.47. The molecular formula is C11H16N4O2. The summed E-state index contributed by atoms with van der Waals surface area (Å²) < 4.78 is 1.53. The van der Waals surface area contributed by atoms with Crippen molar-refractivity contribution in [3.8, 4) is 0 Å². The van der Waals surface area contributed by atoms with Crippen LogP contribution in [-0.4, -0.2) is 34.2 Å². The van der Waals surface area contributed by atoms with Crippen LogP contribution in [0.1, 0.15) is 19.3 Å². The molecule has 0 radical (unpaired) electrons. The van der Waals surface area contributed by atoms with Crippen molar-refractivity contribution in [1.29, 1.82) is 0 Å². The van der Waals surface area contributed by atoms with E-state index >= 15 is 0 Å². The monoisotopic (exact) mass is 236 g/mol. The molecule has 1 fully saturated rings. The molecule has 1 aliphatic rings. The van der Waals surface area contributed by atoms with Gasteiger partial charge in [0.05, 0.1) is 0 Å². The smallest absolute Gasteiger partial charge is 0.242 e. The van der Waals surface area contributed by atoms with Crippen LogP contribution in [0.4, 0.5) is 0 Å². The van der Waals surface area contributed by atoms with Gasteiger partial charge in [0.2, 0.25) is 11.8 Å². The van der Waals surface area contributed by atoms with Crippen molar-refractivity contribution in [2.75, 3.05) is 6.54 Å². The van der Waals surface area contributed by atoms with Crippen molar-refractivity contribution >= 4 is 11.8 Å². The van der Waals surface area contributed by atoms with E-state index in [2.05, 4.69) is 15.7 Å². The van der Waals surface area contributed by atoms with Gasteiger partial charge in [0.15, 0.2) is 0 Å². The Labute approximate surface area is 99.4 Å². The molecule has 6 nitrogen and oxygen atoms in total. The average molecular weight is 236 g/mol. The highest BCUT2D eigenvalue weighted by molar-refractivity contribution is 5.87. The Bertz CT molecular complexity index is 388. The molecule has 1 saturated heterocycles. The van der Waals surface area contributed by atoms with Crippen LogP contribution in [0.25, 0.3) is 0 Å². The van der Waals surface area contributed by atoms with E-state index in [0.29, 0.717) is 13.0 Å². The van der Waals surface area contributed by atoms with E-state index in [1.165, 1.54) is 4.68 Å². The number of rotatable bonds is 3. The molecule has 1 aromatic rings. The molecule has 6 heteroatoms. The first-order chi connectivity index (χ1) is 8.25. The number of carbonyl (C=O) groups is 2. The Balaban J connectivity index is 1.86. The Morgan fingerprint density at radius 1 is 1.59 bits per heavy atom. The van der Waals surface area contributed by atoms with Crippen LogP contribution < -0.4 is 10.6 Å². The first-order valence-corrected chi connectivity index (χ1v) is 5.80. The van der Waals surface area contributed by atoms with Crippen molar-refractivity contribution in [3.63, 3.8) is 0 Å². The standard InChI is InChI=1S/C11H16N4O2/c16-10(8-15-7-3-6-13-15)14-9-4-1-2-5-12-11(9)17/h3,6-7,9H,1-2,4-5,8H2,(H,12,17)(H,14,16)/t9-/m1/s1. The van der Waals surface area contributed by atoms with Gasteiger partial charge < -0.3 is 10.6 Å². The number of hydrogen-bond donors (Lipinski definition) is 2. The minimum absolute atomic E-state index is 0.0867. The molecule has 0 aliphatic carbocycles. The van der Waals surface area contributed by atoms with E-state index in [0.717, 1.165) is 12.8 Å². The van der Waals surface area contributed by atoms with Crippen molar-refractivity contribution in [2.24, 2.45) is 0 Å². The van der Waals surface area contributed by atoms with E-state index in [1.807, 2.05) is 0 Å². The lowest BCUT2D eigenvalue weighted by Gasteiger charge is -2.15. The normalized spacial score (nSPS) is 20.5. The van der Waals surface area contributed by atoms with Crippen LogP contribution in [0.15, 0.2) is 18.5 Å². The molecule has 2 rings (SSSR count). The first-order valence-electron chi connectivity index (χ1n) is 5.80. The van der Waals surface area contributed by atoms with E-state index in [9.17, 15) is 9.59 Å². The van der Waals surface area contributed by atoms with Gasteiger partial charge in [0.25, 0.3) is 0 Å². The van der Waals surface area contributed by atoms with Gasteiger partial charge in [-0.25, -0.2) is 0 Å². The van der Waals surface area contributed by atoms with Crippen LogP contribution in [0, 0.1) is 0 Å². The maximum Gasteiger partial charge on any atom is 0.242 e. The third-order valence-corrected chi connectivity index (χ3v) is 2.74. The zero-order valence-corrected chi connectivity index (χ0v) is 9.56. The molecule has 2 heterocycles. The molecule has 1 atom stereocenters. The molecule has 92 valence electrons. The van der Waals surface area contributed by atoms with Gasteiger partial charge >= 0.3 is 0 Å². The fraction of sp³-hybridized carbons (Fsp3) is 0.545. The van der Waals surface area contributed by atoms with E-state index < -0.39 is 6.04 Å². The number of aromatic nitrogens is 2. The summed E-state index contributed by atoms with van der Waals surface area (Å²) in [5.41, 5.74) is 0. The quantitative estimate of drug-likeness (QED) is 0.754. The summed E-state index contributed by atoms with van der Waals surface area (Å²) in [6.45, 7) is 0.848. The highest BCUT2D eigenvalue weighted by Gasteiger charge is 2.22. The highest BCUT2D eigenvalue weighted by Crippen LogP contribution is 2.05. The van der Waals surface area contributed by atoms with Crippen LogP contribution in [0.3, 0.4) is 0 Å². The largest absolute Gasteiger partial charge is 0.354 e.